The van der Waals surface area contributed by atoms with E-state index in [1.165, 1.54) is 19.4 Å². The highest BCUT2D eigenvalue weighted by atomic mass is 32.2. The number of benzene rings is 1. The second-order valence-corrected chi connectivity index (χ2v) is 7.13. The van der Waals surface area contributed by atoms with Gasteiger partial charge in [-0.25, -0.2) is 8.42 Å². The number of hydrogen-bond donors (Lipinski definition) is 0. The third-order valence-corrected chi connectivity index (χ3v) is 5.44. The molecule has 0 fully saturated rings. The second-order valence-electron chi connectivity index (χ2n) is 5.26. The number of para-hydroxylation sites is 1. The van der Waals surface area contributed by atoms with E-state index in [2.05, 4.69) is 14.9 Å². The minimum Gasteiger partial charge on any atom is -0.468 e. The third kappa shape index (κ3) is 3.18. The highest BCUT2D eigenvalue weighted by Gasteiger charge is 2.28. The summed E-state index contributed by atoms with van der Waals surface area (Å²) in [6.07, 6.45) is 1.44. The second kappa shape index (κ2) is 6.52. The molecule has 0 amide bonds. The van der Waals surface area contributed by atoms with Crippen LogP contribution in [0.15, 0.2) is 53.6 Å². The molecule has 9 heteroatoms. The number of nitrogens with zero attached hydrogens (tertiary/aromatic N) is 4. The number of aromatic nitrogens is 3. The quantitative estimate of drug-likeness (QED) is 0.639. The summed E-state index contributed by atoms with van der Waals surface area (Å²) in [4.78, 5) is 11.8. The zero-order chi connectivity index (χ0) is 18.0. The Labute approximate surface area is 144 Å². The van der Waals surface area contributed by atoms with Crippen molar-refractivity contribution in [3.05, 3.63) is 54.5 Å². The largest absolute Gasteiger partial charge is 0.468 e. The van der Waals surface area contributed by atoms with Crippen molar-refractivity contribution in [2.75, 3.05) is 18.0 Å². The Hall–Kier alpha value is -2.94. The molecule has 0 spiro atoms. The van der Waals surface area contributed by atoms with Crippen LogP contribution < -0.4 is 4.31 Å². The smallest absolute Gasteiger partial charge is 0.326 e. The van der Waals surface area contributed by atoms with E-state index in [0.29, 0.717) is 17.2 Å². The first-order valence-corrected chi connectivity index (χ1v) is 8.83. The molecule has 0 saturated carbocycles. The van der Waals surface area contributed by atoms with Gasteiger partial charge < -0.3 is 4.74 Å². The van der Waals surface area contributed by atoms with Crippen LogP contribution in [0.2, 0.25) is 0 Å². The van der Waals surface area contributed by atoms with Crippen molar-refractivity contribution in [3.63, 3.8) is 0 Å². The number of esters is 1. The molecule has 8 nitrogen and oxygen atoms in total. The number of methoxy groups -OCH3 is 1. The highest BCUT2D eigenvalue weighted by Crippen LogP contribution is 2.24. The lowest BCUT2D eigenvalue weighted by molar-refractivity contribution is -0.138. The lowest BCUT2D eigenvalue weighted by Gasteiger charge is -2.23. The number of aryl methyl sites for hydroxylation is 1. The SMILES string of the molecule is COC(=O)CN(c1ccccc1)S(=O)(=O)c1ccc2nnc(C)n2c1. The van der Waals surface area contributed by atoms with Crippen molar-refractivity contribution in [1.29, 1.82) is 0 Å². The number of fused-ring (bicyclic) bond motifs is 1. The molecule has 0 saturated heterocycles. The van der Waals surface area contributed by atoms with E-state index in [1.807, 2.05) is 0 Å². The summed E-state index contributed by atoms with van der Waals surface area (Å²) in [5, 5.41) is 7.85. The molecule has 2 heterocycles. The van der Waals surface area contributed by atoms with Crippen molar-refractivity contribution < 1.29 is 17.9 Å². The number of pyridine rings is 1. The summed E-state index contributed by atoms with van der Waals surface area (Å²) in [5.74, 6) is -0.0970. The van der Waals surface area contributed by atoms with E-state index in [1.54, 1.807) is 47.7 Å². The van der Waals surface area contributed by atoms with Crippen LogP contribution in [0.1, 0.15) is 5.82 Å². The van der Waals surface area contributed by atoms with E-state index < -0.39 is 22.5 Å². The van der Waals surface area contributed by atoms with Gasteiger partial charge in [0.05, 0.1) is 12.8 Å². The summed E-state index contributed by atoms with van der Waals surface area (Å²) in [7, 11) is -2.78. The lowest BCUT2D eigenvalue weighted by atomic mass is 10.3. The Morgan fingerprint density at radius 3 is 2.56 bits per heavy atom. The fourth-order valence-corrected chi connectivity index (χ4v) is 3.76. The number of anilines is 1. The molecule has 130 valence electrons. The van der Waals surface area contributed by atoms with E-state index in [0.717, 1.165) is 4.31 Å². The monoisotopic (exact) mass is 360 g/mol. The zero-order valence-electron chi connectivity index (χ0n) is 13.7. The molecule has 0 aliphatic carbocycles. The molecule has 0 atom stereocenters. The first-order chi connectivity index (χ1) is 11.9. The van der Waals surface area contributed by atoms with Gasteiger partial charge in [0, 0.05) is 6.20 Å². The molecule has 25 heavy (non-hydrogen) atoms. The van der Waals surface area contributed by atoms with Crippen LogP contribution >= 0.6 is 0 Å². The van der Waals surface area contributed by atoms with Crippen LogP contribution in [0.5, 0.6) is 0 Å². The molecule has 0 radical (unpaired) electrons. The maximum absolute atomic E-state index is 13.1. The number of ether oxygens (including phenoxy) is 1. The minimum absolute atomic E-state index is 0.0238. The van der Waals surface area contributed by atoms with Crippen LogP contribution in [0.25, 0.3) is 5.65 Å². The third-order valence-electron chi connectivity index (χ3n) is 3.68. The number of carbonyl (C=O) groups is 1. The zero-order valence-corrected chi connectivity index (χ0v) is 14.5. The van der Waals surface area contributed by atoms with Gasteiger partial charge >= 0.3 is 5.97 Å². The van der Waals surface area contributed by atoms with Gasteiger partial charge in [-0.1, -0.05) is 18.2 Å². The van der Waals surface area contributed by atoms with Gasteiger partial charge in [-0.15, -0.1) is 10.2 Å². The first kappa shape index (κ1) is 16.9. The van der Waals surface area contributed by atoms with Crippen molar-refractivity contribution >= 4 is 27.3 Å². The number of rotatable bonds is 5. The van der Waals surface area contributed by atoms with Crippen LogP contribution in [0.4, 0.5) is 5.69 Å². The molecule has 1 aromatic carbocycles. The Balaban J connectivity index is 2.11. The predicted molar refractivity (Wildman–Crippen MR) is 90.7 cm³/mol. The molecule has 3 aromatic rings. The molecule has 2 aromatic heterocycles. The van der Waals surface area contributed by atoms with Gasteiger partial charge in [0.15, 0.2) is 5.65 Å². The fourth-order valence-electron chi connectivity index (χ4n) is 2.36. The predicted octanol–water partition coefficient (Wildman–Crippen LogP) is 1.41. The summed E-state index contributed by atoms with van der Waals surface area (Å²) in [6, 6.07) is 11.4. The van der Waals surface area contributed by atoms with Crippen molar-refractivity contribution in [2.24, 2.45) is 0 Å². The number of carbonyl (C=O) groups excluding carboxylic acids is 1. The average Bonchev–Trinajstić information content (AvgIpc) is 3.00. The van der Waals surface area contributed by atoms with E-state index in [9.17, 15) is 13.2 Å². The van der Waals surface area contributed by atoms with Gasteiger partial charge in [-0.2, -0.15) is 0 Å². The van der Waals surface area contributed by atoms with Gasteiger partial charge in [0.1, 0.15) is 17.3 Å². The van der Waals surface area contributed by atoms with Crippen molar-refractivity contribution in [3.8, 4) is 0 Å². The van der Waals surface area contributed by atoms with E-state index in [-0.39, 0.29) is 4.90 Å². The maximum Gasteiger partial charge on any atom is 0.326 e. The highest BCUT2D eigenvalue weighted by molar-refractivity contribution is 7.92. The molecule has 3 rings (SSSR count). The molecule has 0 bridgehead atoms. The van der Waals surface area contributed by atoms with Crippen LogP contribution in [0, 0.1) is 6.92 Å². The number of sulfonamides is 1. The van der Waals surface area contributed by atoms with Crippen molar-refractivity contribution in [1.82, 2.24) is 14.6 Å². The van der Waals surface area contributed by atoms with E-state index >= 15 is 0 Å². The Morgan fingerprint density at radius 2 is 1.88 bits per heavy atom. The Bertz CT molecular complexity index is 1020. The average molecular weight is 360 g/mol. The summed E-state index contributed by atoms with van der Waals surface area (Å²) in [5.41, 5.74) is 0.907. The Kier molecular flexibility index (Phi) is 4.41. The van der Waals surface area contributed by atoms with Crippen LogP contribution in [-0.2, 0) is 19.6 Å². The van der Waals surface area contributed by atoms with Crippen molar-refractivity contribution in [2.45, 2.75) is 11.8 Å². The molecule has 0 aliphatic rings. The summed E-state index contributed by atoms with van der Waals surface area (Å²) < 4.78 is 33.5. The van der Waals surface area contributed by atoms with Gasteiger partial charge in [0.25, 0.3) is 10.0 Å². The van der Waals surface area contributed by atoms with Crippen LogP contribution in [-0.4, -0.2) is 42.6 Å². The summed E-state index contributed by atoms with van der Waals surface area (Å²) in [6.45, 7) is 1.29. The van der Waals surface area contributed by atoms with Crippen LogP contribution in [0.3, 0.4) is 0 Å². The number of hydrogen-bond acceptors (Lipinski definition) is 6. The van der Waals surface area contributed by atoms with E-state index in [4.69, 9.17) is 0 Å². The topological polar surface area (TPSA) is 93.9 Å². The molecule has 0 N–H and O–H groups in total. The fraction of sp³-hybridized carbons (Fsp3) is 0.188. The normalized spacial score (nSPS) is 11.4. The Morgan fingerprint density at radius 1 is 1.16 bits per heavy atom. The molecule has 0 unspecified atom stereocenters. The lowest BCUT2D eigenvalue weighted by Crippen LogP contribution is -2.36. The summed E-state index contributed by atoms with van der Waals surface area (Å²) >= 11 is 0. The standard InChI is InChI=1S/C16H16N4O4S/c1-12-17-18-15-9-8-14(10-19(12)15)25(22,23)20(11-16(21)24-2)13-6-4-3-5-7-13/h3-10H,11H2,1-2H3. The van der Waals surface area contributed by atoms with Gasteiger partial charge in [0.2, 0.25) is 0 Å². The minimum atomic E-state index is -3.99. The van der Waals surface area contributed by atoms with Gasteiger partial charge in [-0.05, 0) is 31.2 Å². The van der Waals surface area contributed by atoms with Gasteiger partial charge in [-0.3, -0.25) is 13.5 Å². The molecule has 0 aliphatic heterocycles. The maximum atomic E-state index is 13.1. The first-order valence-electron chi connectivity index (χ1n) is 7.39. The molecular formula is C16H16N4O4S. The molecular weight excluding hydrogens is 344 g/mol.